The average molecular weight is 234 g/mol. The van der Waals surface area contributed by atoms with E-state index in [0.29, 0.717) is 6.04 Å². The molecule has 1 N–H and O–H groups in total. The molecule has 2 unspecified atom stereocenters. The molecule has 0 aromatic carbocycles. The van der Waals surface area contributed by atoms with Crippen LogP contribution in [-0.4, -0.2) is 24.2 Å². The topological polar surface area (TPSA) is 34.1 Å². The van der Waals surface area contributed by atoms with Crippen LogP contribution in [0.2, 0.25) is 0 Å². The Morgan fingerprint density at radius 1 is 1.47 bits per heavy atom. The first-order chi connectivity index (χ1) is 8.42. The SMILES string of the molecule is CCCOC(c1ccccn1)C1CCCCN1. The third-order valence-electron chi connectivity index (χ3n) is 3.19. The van der Waals surface area contributed by atoms with Crippen molar-refractivity contribution in [1.29, 1.82) is 0 Å². The highest BCUT2D eigenvalue weighted by molar-refractivity contribution is 5.09. The van der Waals surface area contributed by atoms with Crippen molar-refractivity contribution in [2.24, 2.45) is 0 Å². The molecule has 2 atom stereocenters. The summed E-state index contributed by atoms with van der Waals surface area (Å²) in [5.74, 6) is 0. The third-order valence-corrected chi connectivity index (χ3v) is 3.19. The fraction of sp³-hybridized carbons (Fsp3) is 0.643. The minimum atomic E-state index is 0.108. The molecule has 0 aliphatic carbocycles. The predicted molar refractivity (Wildman–Crippen MR) is 68.9 cm³/mol. The molecule has 0 amide bonds. The van der Waals surface area contributed by atoms with E-state index in [9.17, 15) is 0 Å². The summed E-state index contributed by atoms with van der Waals surface area (Å²) in [5, 5.41) is 3.56. The summed E-state index contributed by atoms with van der Waals surface area (Å²) in [5.41, 5.74) is 1.06. The quantitative estimate of drug-likeness (QED) is 0.850. The predicted octanol–water partition coefficient (Wildman–Crippen LogP) is 2.69. The number of nitrogens with one attached hydrogen (secondary N) is 1. The second kappa shape index (κ2) is 6.72. The van der Waals surface area contributed by atoms with E-state index in [4.69, 9.17) is 4.74 Å². The number of rotatable bonds is 5. The zero-order valence-electron chi connectivity index (χ0n) is 10.6. The summed E-state index contributed by atoms with van der Waals surface area (Å²) in [6, 6.07) is 6.48. The summed E-state index contributed by atoms with van der Waals surface area (Å²) in [6.07, 6.45) is 6.76. The van der Waals surface area contributed by atoms with Gasteiger partial charge >= 0.3 is 0 Å². The van der Waals surface area contributed by atoms with Gasteiger partial charge in [-0.25, -0.2) is 0 Å². The molecule has 1 fully saturated rings. The van der Waals surface area contributed by atoms with Crippen LogP contribution in [0.3, 0.4) is 0 Å². The second-order valence-corrected chi connectivity index (χ2v) is 4.60. The van der Waals surface area contributed by atoms with Crippen molar-refractivity contribution in [2.75, 3.05) is 13.2 Å². The number of ether oxygens (including phenoxy) is 1. The van der Waals surface area contributed by atoms with Gasteiger partial charge in [0.15, 0.2) is 0 Å². The lowest BCUT2D eigenvalue weighted by atomic mass is 9.97. The molecule has 1 aliphatic rings. The third kappa shape index (κ3) is 3.51. The summed E-state index contributed by atoms with van der Waals surface area (Å²) in [7, 11) is 0. The van der Waals surface area contributed by atoms with Crippen LogP contribution in [0.1, 0.15) is 44.4 Å². The largest absolute Gasteiger partial charge is 0.370 e. The molecule has 2 heterocycles. The van der Waals surface area contributed by atoms with Gasteiger partial charge in [0.05, 0.1) is 5.69 Å². The first-order valence-electron chi connectivity index (χ1n) is 6.67. The minimum absolute atomic E-state index is 0.108. The van der Waals surface area contributed by atoms with Crippen LogP contribution >= 0.6 is 0 Å². The zero-order chi connectivity index (χ0) is 11.9. The lowest BCUT2D eigenvalue weighted by molar-refractivity contribution is 0.0157. The molecule has 1 aromatic heterocycles. The van der Waals surface area contributed by atoms with E-state index < -0.39 is 0 Å². The van der Waals surface area contributed by atoms with Crippen molar-refractivity contribution in [3.05, 3.63) is 30.1 Å². The van der Waals surface area contributed by atoms with Crippen molar-refractivity contribution in [1.82, 2.24) is 10.3 Å². The van der Waals surface area contributed by atoms with Gasteiger partial charge in [-0.05, 0) is 37.9 Å². The van der Waals surface area contributed by atoms with Crippen LogP contribution in [0.5, 0.6) is 0 Å². The summed E-state index contributed by atoms with van der Waals surface area (Å²) in [6.45, 7) is 4.05. The van der Waals surface area contributed by atoms with Gasteiger partial charge in [0.2, 0.25) is 0 Å². The van der Waals surface area contributed by atoms with Crippen molar-refractivity contribution in [3.8, 4) is 0 Å². The molecule has 17 heavy (non-hydrogen) atoms. The number of nitrogens with zero attached hydrogens (tertiary/aromatic N) is 1. The van der Waals surface area contributed by atoms with Gasteiger partial charge in [0.1, 0.15) is 6.10 Å². The second-order valence-electron chi connectivity index (χ2n) is 4.60. The Labute approximate surface area is 104 Å². The van der Waals surface area contributed by atoms with Gasteiger partial charge in [-0.1, -0.05) is 19.4 Å². The van der Waals surface area contributed by atoms with Crippen LogP contribution in [0.25, 0.3) is 0 Å². The lowest BCUT2D eigenvalue weighted by Gasteiger charge is -2.31. The molecule has 2 rings (SSSR count). The molecule has 94 valence electrons. The molecular formula is C14H22N2O. The lowest BCUT2D eigenvalue weighted by Crippen LogP contribution is -2.40. The highest BCUT2D eigenvalue weighted by atomic mass is 16.5. The standard InChI is InChI=1S/C14H22N2O/c1-2-11-17-14(12-7-3-5-9-15-12)13-8-4-6-10-16-13/h3,5,7,9,13-14,16H,2,4,6,8,10-11H2,1H3. The molecule has 1 aliphatic heterocycles. The first kappa shape index (κ1) is 12.5. The molecule has 3 nitrogen and oxygen atoms in total. The van der Waals surface area contributed by atoms with Gasteiger partial charge in [-0.3, -0.25) is 4.98 Å². The Morgan fingerprint density at radius 3 is 3.06 bits per heavy atom. The molecule has 0 bridgehead atoms. The van der Waals surface area contributed by atoms with Gasteiger partial charge in [0.25, 0.3) is 0 Å². The highest BCUT2D eigenvalue weighted by Gasteiger charge is 2.26. The Morgan fingerprint density at radius 2 is 2.41 bits per heavy atom. The van der Waals surface area contributed by atoms with Crippen molar-refractivity contribution in [2.45, 2.75) is 44.8 Å². The fourth-order valence-corrected chi connectivity index (χ4v) is 2.33. The van der Waals surface area contributed by atoms with E-state index in [1.165, 1.54) is 19.3 Å². The van der Waals surface area contributed by atoms with E-state index in [0.717, 1.165) is 25.3 Å². The number of hydrogen-bond donors (Lipinski definition) is 1. The summed E-state index contributed by atoms with van der Waals surface area (Å²) >= 11 is 0. The van der Waals surface area contributed by atoms with Gasteiger partial charge in [0, 0.05) is 18.8 Å². The van der Waals surface area contributed by atoms with Gasteiger partial charge < -0.3 is 10.1 Å². The van der Waals surface area contributed by atoms with E-state index in [1.54, 1.807) is 0 Å². The van der Waals surface area contributed by atoms with Crippen LogP contribution in [0, 0.1) is 0 Å². The smallest absolute Gasteiger partial charge is 0.115 e. The van der Waals surface area contributed by atoms with Crippen LogP contribution in [-0.2, 0) is 4.74 Å². The highest BCUT2D eigenvalue weighted by Crippen LogP contribution is 2.25. The average Bonchev–Trinajstić information content (AvgIpc) is 2.42. The van der Waals surface area contributed by atoms with E-state index in [1.807, 2.05) is 18.3 Å². The zero-order valence-corrected chi connectivity index (χ0v) is 10.6. The number of pyridine rings is 1. The summed E-state index contributed by atoms with van der Waals surface area (Å²) in [4.78, 5) is 4.44. The van der Waals surface area contributed by atoms with Gasteiger partial charge in [-0.2, -0.15) is 0 Å². The Hall–Kier alpha value is -0.930. The Kier molecular flexibility index (Phi) is 4.95. The van der Waals surface area contributed by atoms with Crippen LogP contribution < -0.4 is 5.32 Å². The number of piperidine rings is 1. The fourth-order valence-electron chi connectivity index (χ4n) is 2.33. The van der Waals surface area contributed by atoms with Crippen molar-refractivity contribution < 1.29 is 4.74 Å². The maximum Gasteiger partial charge on any atom is 0.115 e. The number of aromatic nitrogens is 1. The molecule has 0 radical (unpaired) electrons. The van der Waals surface area contributed by atoms with E-state index in [-0.39, 0.29) is 6.10 Å². The van der Waals surface area contributed by atoms with Crippen molar-refractivity contribution >= 4 is 0 Å². The monoisotopic (exact) mass is 234 g/mol. The summed E-state index contributed by atoms with van der Waals surface area (Å²) < 4.78 is 5.99. The van der Waals surface area contributed by atoms with Crippen molar-refractivity contribution in [3.63, 3.8) is 0 Å². The molecule has 0 saturated carbocycles. The molecule has 1 aromatic rings. The Bertz CT molecular complexity index is 309. The molecular weight excluding hydrogens is 212 g/mol. The molecule has 0 spiro atoms. The van der Waals surface area contributed by atoms with Gasteiger partial charge in [-0.15, -0.1) is 0 Å². The maximum absolute atomic E-state index is 5.99. The molecule has 1 saturated heterocycles. The first-order valence-corrected chi connectivity index (χ1v) is 6.67. The van der Waals surface area contributed by atoms with E-state index >= 15 is 0 Å². The minimum Gasteiger partial charge on any atom is -0.370 e. The molecule has 3 heteroatoms. The Balaban J connectivity index is 2.06. The van der Waals surface area contributed by atoms with Crippen LogP contribution in [0.15, 0.2) is 24.4 Å². The van der Waals surface area contributed by atoms with E-state index in [2.05, 4.69) is 23.3 Å². The normalized spacial score (nSPS) is 22.3. The number of hydrogen-bond acceptors (Lipinski definition) is 3. The van der Waals surface area contributed by atoms with Crippen LogP contribution in [0.4, 0.5) is 0 Å². The maximum atomic E-state index is 5.99.